The maximum absolute atomic E-state index is 12.3. The van der Waals surface area contributed by atoms with Crippen molar-refractivity contribution < 1.29 is 14.3 Å². The Morgan fingerprint density at radius 1 is 1.24 bits per heavy atom. The molecule has 0 aliphatic carbocycles. The van der Waals surface area contributed by atoms with Crippen LogP contribution in [0.15, 0.2) is 30.3 Å². The lowest BCUT2D eigenvalue weighted by atomic mass is 10.2. The van der Waals surface area contributed by atoms with Crippen LogP contribution in [-0.4, -0.2) is 42.5 Å². The molecular formula is C16H24N2O3. The Bertz CT molecular complexity index is 448. The van der Waals surface area contributed by atoms with Crippen molar-refractivity contribution in [3.8, 4) is 0 Å². The number of amides is 1. The van der Waals surface area contributed by atoms with Crippen LogP contribution in [0.5, 0.6) is 0 Å². The van der Waals surface area contributed by atoms with Crippen molar-refractivity contribution >= 4 is 17.6 Å². The monoisotopic (exact) mass is 292 g/mol. The number of benzene rings is 1. The molecule has 1 atom stereocenters. The smallest absolute Gasteiger partial charge is 0.320 e. The van der Waals surface area contributed by atoms with Crippen LogP contribution >= 0.6 is 0 Å². The molecule has 1 aromatic carbocycles. The van der Waals surface area contributed by atoms with Crippen LogP contribution < -0.4 is 5.32 Å². The molecule has 1 amide bonds. The molecule has 116 valence electrons. The summed E-state index contributed by atoms with van der Waals surface area (Å²) in [5.41, 5.74) is 0.752. The molecule has 21 heavy (non-hydrogen) atoms. The third kappa shape index (κ3) is 5.95. The molecular weight excluding hydrogens is 268 g/mol. The van der Waals surface area contributed by atoms with Gasteiger partial charge in [-0.1, -0.05) is 25.1 Å². The number of carbonyl (C=O) groups excluding carboxylic acids is 2. The summed E-state index contributed by atoms with van der Waals surface area (Å²) in [4.78, 5) is 25.7. The van der Waals surface area contributed by atoms with E-state index in [9.17, 15) is 9.59 Å². The van der Waals surface area contributed by atoms with Crippen LogP contribution in [0.25, 0.3) is 0 Å². The van der Waals surface area contributed by atoms with Gasteiger partial charge in [0.1, 0.15) is 0 Å². The summed E-state index contributed by atoms with van der Waals surface area (Å²) in [5.74, 6) is -0.427. The van der Waals surface area contributed by atoms with Crippen LogP contribution in [0.3, 0.4) is 0 Å². The maximum atomic E-state index is 12.3. The quantitative estimate of drug-likeness (QED) is 0.747. The van der Waals surface area contributed by atoms with Crippen molar-refractivity contribution in [1.29, 1.82) is 0 Å². The van der Waals surface area contributed by atoms with E-state index in [0.717, 1.165) is 12.1 Å². The van der Waals surface area contributed by atoms with E-state index in [4.69, 9.17) is 4.74 Å². The standard InChI is InChI=1S/C16H24N2O3/c1-4-11-18(12-15(19)21-5-2)13(3)16(20)17-14-9-7-6-8-10-14/h6-10,13H,4-5,11-12H2,1-3H3,(H,17,20). The van der Waals surface area contributed by atoms with Crippen LogP contribution in [0.4, 0.5) is 5.69 Å². The van der Waals surface area contributed by atoms with Crippen LogP contribution in [0.1, 0.15) is 27.2 Å². The van der Waals surface area contributed by atoms with Crippen LogP contribution in [-0.2, 0) is 14.3 Å². The highest BCUT2D eigenvalue weighted by molar-refractivity contribution is 5.94. The van der Waals surface area contributed by atoms with Gasteiger partial charge >= 0.3 is 5.97 Å². The molecule has 1 N–H and O–H groups in total. The second-order valence-corrected chi connectivity index (χ2v) is 4.81. The summed E-state index contributed by atoms with van der Waals surface area (Å²) >= 11 is 0. The number of hydrogen-bond acceptors (Lipinski definition) is 4. The predicted molar refractivity (Wildman–Crippen MR) is 83.0 cm³/mol. The molecule has 0 spiro atoms. The lowest BCUT2D eigenvalue weighted by Crippen LogP contribution is -2.45. The first-order valence-electron chi connectivity index (χ1n) is 7.34. The first-order valence-corrected chi connectivity index (χ1v) is 7.34. The van der Waals surface area contributed by atoms with Gasteiger partial charge in [0.15, 0.2) is 0 Å². The summed E-state index contributed by atoms with van der Waals surface area (Å²) in [6, 6.07) is 8.89. The highest BCUT2D eigenvalue weighted by atomic mass is 16.5. The van der Waals surface area contributed by atoms with Gasteiger partial charge < -0.3 is 10.1 Å². The van der Waals surface area contributed by atoms with E-state index in [0.29, 0.717) is 13.2 Å². The molecule has 5 heteroatoms. The van der Waals surface area contributed by atoms with Crippen molar-refractivity contribution in [3.05, 3.63) is 30.3 Å². The summed E-state index contributed by atoms with van der Waals surface area (Å²) < 4.78 is 4.95. The Balaban J connectivity index is 2.64. The van der Waals surface area contributed by atoms with Gasteiger partial charge in [0, 0.05) is 5.69 Å². The predicted octanol–water partition coefficient (Wildman–Crippen LogP) is 2.29. The molecule has 0 saturated carbocycles. The molecule has 1 aromatic rings. The van der Waals surface area contributed by atoms with E-state index in [-0.39, 0.29) is 18.4 Å². The van der Waals surface area contributed by atoms with Crippen molar-refractivity contribution in [2.24, 2.45) is 0 Å². The molecule has 0 bridgehead atoms. The van der Waals surface area contributed by atoms with Gasteiger partial charge in [0.2, 0.25) is 5.91 Å². The Morgan fingerprint density at radius 2 is 1.90 bits per heavy atom. The van der Waals surface area contributed by atoms with Gasteiger partial charge in [-0.2, -0.15) is 0 Å². The minimum atomic E-state index is -0.394. The van der Waals surface area contributed by atoms with Crippen molar-refractivity contribution in [2.75, 3.05) is 25.0 Å². The number of ether oxygens (including phenoxy) is 1. The summed E-state index contributed by atoms with van der Waals surface area (Å²) in [5, 5.41) is 2.85. The van der Waals surface area contributed by atoms with E-state index in [1.165, 1.54) is 0 Å². The summed E-state index contributed by atoms with van der Waals surface area (Å²) in [6.45, 7) is 6.73. The van der Waals surface area contributed by atoms with E-state index in [2.05, 4.69) is 5.32 Å². The molecule has 0 radical (unpaired) electrons. The maximum Gasteiger partial charge on any atom is 0.320 e. The fourth-order valence-electron chi connectivity index (χ4n) is 2.00. The average molecular weight is 292 g/mol. The third-order valence-electron chi connectivity index (χ3n) is 3.12. The molecule has 0 aliphatic heterocycles. The second-order valence-electron chi connectivity index (χ2n) is 4.81. The van der Waals surface area contributed by atoms with Gasteiger partial charge in [-0.3, -0.25) is 14.5 Å². The molecule has 0 saturated heterocycles. The topological polar surface area (TPSA) is 58.6 Å². The summed E-state index contributed by atoms with van der Waals surface area (Å²) in [7, 11) is 0. The molecule has 1 unspecified atom stereocenters. The number of hydrogen-bond donors (Lipinski definition) is 1. The second kappa shape index (κ2) is 9.13. The normalized spacial score (nSPS) is 12.0. The molecule has 0 aromatic heterocycles. The van der Waals surface area contributed by atoms with E-state index >= 15 is 0 Å². The number of esters is 1. The fourth-order valence-corrected chi connectivity index (χ4v) is 2.00. The van der Waals surface area contributed by atoms with Gasteiger partial charge in [-0.15, -0.1) is 0 Å². The van der Waals surface area contributed by atoms with Gasteiger partial charge in [-0.25, -0.2) is 0 Å². The van der Waals surface area contributed by atoms with Crippen molar-refractivity contribution in [2.45, 2.75) is 33.2 Å². The molecule has 1 rings (SSSR count). The number of anilines is 1. The zero-order valence-corrected chi connectivity index (χ0v) is 13.0. The summed E-state index contributed by atoms with van der Waals surface area (Å²) in [6.07, 6.45) is 0.863. The van der Waals surface area contributed by atoms with E-state index in [1.54, 1.807) is 13.8 Å². The number of nitrogens with zero attached hydrogens (tertiary/aromatic N) is 1. The zero-order valence-electron chi connectivity index (χ0n) is 13.0. The number of nitrogens with one attached hydrogen (secondary N) is 1. The Morgan fingerprint density at radius 3 is 2.48 bits per heavy atom. The first-order chi connectivity index (χ1) is 10.1. The highest BCUT2D eigenvalue weighted by Gasteiger charge is 2.23. The highest BCUT2D eigenvalue weighted by Crippen LogP contribution is 2.09. The van der Waals surface area contributed by atoms with E-state index < -0.39 is 6.04 Å². The van der Waals surface area contributed by atoms with E-state index in [1.807, 2.05) is 42.2 Å². The van der Waals surface area contributed by atoms with Crippen molar-refractivity contribution in [1.82, 2.24) is 4.90 Å². The Labute approximate surface area is 126 Å². The Hall–Kier alpha value is -1.88. The van der Waals surface area contributed by atoms with Crippen LogP contribution in [0.2, 0.25) is 0 Å². The Kier molecular flexibility index (Phi) is 7.46. The lowest BCUT2D eigenvalue weighted by molar-refractivity contribution is -0.145. The first kappa shape index (κ1) is 17.2. The zero-order chi connectivity index (χ0) is 15.7. The largest absolute Gasteiger partial charge is 0.465 e. The fraction of sp³-hybridized carbons (Fsp3) is 0.500. The van der Waals surface area contributed by atoms with Crippen LogP contribution in [0, 0.1) is 0 Å². The van der Waals surface area contributed by atoms with Gasteiger partial charge in [-0.05, 0) is 38.9 Å². The number of carbonyl (C=O) groups is 2. The van der Waals surface area contributed by atoms with Crippen molar-refractivity contribution in [3.63, 3.8) is 0 Å². The lowest BCUT2D eigenvalue weighted by Gasteiger charge is -2.26. The minimum absolute atomic E-state index is 0.126. The average Bonchev–Trinajstić information content (AvgIpc) is 2.47. The molecule has 0 aliphatic rings. The number of rotatable bonds is 8. The number of para-hydroxylation sites is 1. The minimum Gasteiger partial charge on any atom is -0.465 e. The molecule has 0 heterocycles. The van der Waals surface area contributed by atoms with Gasteiger partial charge in [0.25, 0.3) is 0 Å². The SMILES string of the molecule is CCCN(CC(=O)OCC)C(C)C(=O)Nc1ccccc1. The molecule has 5 nitrogen and oxygen atoms in total. The van der Waals surface area contributed by atoms with Gasteiger partial charge in [0.05, 0.1) is 19.2 Å². The molecule has 0 fully saturated rings. The third-order valence-corrected chi connectivity index (χ3v) is 3.12.